The molecule has 2 aromatic carbocycles. The highest BCUT2D eigenvalue weighted by atomic mass is 14.6. The fourth-order valence-corrected chi connectivity index (χ4v) is 6.78. The molecule has 0 heteroatoms. The Morgan fingerprint density at radius 3 is 1.54 bits per heavy atom. The minimum Gasteiger partial charge on any atom is -0.0588 e. The first kappa shape index (κ1) is 14.8. The molecule has 3 aliphatic carbocycles. The lowest BCUT2D eigenvalue weighted by Crippen LogP contribution is -2.41. The van der Waals surface area contributed by atoms with Crippen molar-refractivity contribution >= 4 is 0 Å². The van der Waals surface area contributed by atoms with E-state index in [0.29, 0.717) is 5.41 Å². The second-order valence-corrected chi connectivity index (χ2v) is 8.71. The second kappa shape index (κ2) is 4.75. The maximum Gasteiger partial charge on any atom is 0.0276 e. The summed E-state index contributed by atoms with van der Waals surface area (Å²) in [5, 5.41) is 0. The van der Waals surface area contributed by atoms with Gasteiger partial charge in [-0.3, -0.25) is 0 Å². The highest BCUT2D eigenvalue weighted by molar-refractivity contribution is 5.63. The van der Waals surface area contributed by atoms with E-state index in [1.54, 1.807) is 33.4 Å². The zero-order valence-electron chi connectivity index (χ0n) is 15.5. The van der Waals surface area contributed by atoms with Crippen LogP contribution in [0.1, 0.15) is 63.8 Å². The quantitative estimate of drug-likeness (QED) is 0.582. The minimum atomic E-state index is 0.328. The molecule has 0 amide bonds. The van der Waals surface area contributed by atoms with Crippen LogP contribution in [0.25, 0.3) is 0 Å². The molecule has 1 spiro atoms. The van der Waals surface area contributed by atoms with Gasteiger partial charge >= 0.3 is 0 Å². The second-order valence-electron chi connectivity index (χ2n) is 8.71. The Morgan fingerprint density at radius 1 is 0.667 bits per heavy atom. The van der Waals surface area contributed by atoms with Crippen molar-refractivity contribution in [3.05, 3.63) is 68.8 Å². The summed E-state index contributed by atoms with van der Waals surface area (Å²) >= 11 is 0. The molecule has 0 heterocycles. The summed E-state index contributed by atoms with van der Waals surface area (Å²) in [6.45, 7) is 9.40. The van der Waals surface area contributed by atoms with Gasteiger partial charge in [-0.05, 0) is 110 Å². The maximum absolute atomic E-state index is 2.39. The third-order valence-electron chi connectivity index (χ3n) is 7.63. The van der Waals surface area contributed by atoms with Crippen LogP contribution in [0.15, 0.2) is 24.3 Å². The molecule has 124 valence electrons. The Kier molecular flexibility index (Phi) is 2.92. The van der Waals surface area contributed by atoms with Gasteiger partial charge in [-0.15, -0.1) is 0 Å². The third kappa shape index (κ3) is 1.56. The first-order valence-corrected chi connectivity index (χ1v) is 9.74. The van der Waals surface area contributed by atoms with Crippen LogP contribution in [0.2, 0.25) is 0 Å². The first-order chi connectivity index (χ1) is 11.5. The van der Waals surface area contributed by atoms with Crippen LogP contribution in [-0.4, -0.2) is 0 Å². The molecule has 0 nitrogen and oxygen atoms in total. The lowest BCUT2D eigenvalue weighted by atomic mass is 9.58. The summed E-state index contributed by atoms with van der Waals surface area (Å²) in [6, 6.07) is 9.49. The van der Waals surface area contributed by atoms with Crippen LogP contribution in [0.3, 0.4) is 0 Å². The number of benzene rings is 2. The molecule has 2 atom stereocenters. The Morgan fingerprint density at radius 2 is 1.08 bits per heavy atom. The fourth-order valence-electron chi connectivity index (χ4n) is 6.78. The number of aryl methyl sites for hydroxylation is 4. The van der Waals surface area contributed by atoms with Gasteiger partial charge in [0.25, 0.3) is 0 Å². The highest BCUT2D eigenvalue weighted by Crippen LogP contribution is 2.64. The predicted molar refractivity (Wildman–Crippen MR) is 101 cm³/mol. The molecule has 0 aromatic heterocycles. The summed E-state index contributed by atoms with van der Waals surface area (Å²) in [4.78, 5) is 0. The van der Waals surface area contributed by atoms with Crippen LogP contribution in [0.5, 0.6) is 0 Å². The van der Waals surface area contributed by atoms with E-state index in [1.807, 2.05) is 0 Å². The Labute approximate surface area is 146 Å². The third-order valence-corrected chi connectivity index (χ3v) is 7.63. The van der Waals surface area contributed by atoms with Crippen LogP contribution in [0.4, 0.5) is 0 Å². The van der Waals surface area contributed by atoms with E-state index >= 15 is 0 Å². The summed E-state index contributed by atoms with van der Waals surface area (Å²) in [7, 11) is 0. The summed E-state index contributed by atoms with van der Waals surface area (Å²) in [5.74, 6) is 1.65. The van der Waals surface area contributed by atoms with Crippen LogP contribution >= 0.6 is 0 Å². The first-order valence-electron chi connectivity index (χ1n) is 9.74. The molecular weight excluding hydrogens is 288 g/mol. The average Bonchev–Trinajstić information content (AvgIpc) is 3.10. The van der Waals surface area contributed by atoms with E-state index in [0.717, 1.165) is 11.8 Å². The molecule has 5 rings (SSSR count). The topological polar surface area (TPSA) is 0 Å². The monoisotopic (exact) mass is 316 g/mol. The normalized spacial score (nSPS) is 29.8. The fraction of sp³-hybridized carbons (Fsp3) is 0.500. The van der Waals surface area contributed by atoms with Crippen molar-refractivity contribution in [2.24, 2.45) is 11.8 Å². The molecule has 0 bridgehead atoms. The molecular formula is C24H28. The lowest BCUT2D eigenvalue weighted by Gasteiger charge is -2.45. The molecule has 0 radical (unpaired) electrons. The van der Waals surface area contributed by atoms with E-state index < -0.39 is 0 Å². The number of rotatable bonds is 0. The van der Waals surface area contributed by atoms with Crippen molar-refractivity contribution in [1.29, 1.82) is 0 Å². The Bertz CT molecular complexity index is 783. The number of fused-ring (bicyclic) bond motifs is 2. The highest BCUT2D eigenvalue weighted by Gasteiger charge is 2.59. The van der Waals surface area contributed by atoms with Gasteiger partial charge in [0.2, 0.25) is 0 Å². The van der Waals surface area contributed by atoms with Crippen molar-refractivity contribution in [2.75, 3.05) is 0 Å². The van der Waals surface area contributed by atoms with E-state index in [4.69, 9.17) is 0 Å². The number of hydrogen-bond acceptors (Lipinski definition) is 0. The van der Waals surface area contributed by atoms with Gasteiger partial charge in [-0.1, -0.05) is 30.7 Å². The predicted octanol–water partition coefficient (Wildman–Crippen LogP) is 5.73. The van der Waals surface area contributed by atoms with Gasteiger partial charge in [0.1, 0.15) is 0 Å². The van der Waals surface area contributed by atoms with Crippen molar-refractivity contribution in [1.82, 2.24) is 0 Å². The Balaban J connectivity index is 1.91. The van der Waals surface area contributed by atoms with Crippen molar-refractivity contribution in [3.8, 4) is 0 Å². The molecule has 24 heavy (non-hydrogen) atoms. The molecule has 0 saturated heterocycles. The summed E-state index contributed by atoms with van der Waals surface area (Å²) < 4.78 is 0. The van der Waals surface area contributed by atoms with E-state index in [2.05, 4.69) is 52.0 Å². The molecule has 2 aromatic rings. The lowest BCUT2D eigenvalue weighted by molar-refractivity contribution is 0.175. The van der Waals surface area contributed by atoms with E-state index in [1.165, 1.54) is 43.2 Å². The Hall–Kier alpha value is -1.56. The summed E-state index contributed by atoms with van der Waals surface area (Å²) in [5.41, 5.74) is 13.3. The van der Waals surface area contributed by atoms with E-state index in [9.17, 15) is 0 Å². The van der Waals surface area contributed by atoms with Gasteiger partial charge in [0, 0.05) is 5.41 Å². The SMILES string of the molecule is Cc1ccc(C)c2c1C[C@@H]1CCC[C@H]3Cc4c(C)ccc(C)c4C213. The van der Waals surface area contributed by atoms with Crippen LogP contribution < -0.4 is 0 Å². The maximum atomic E-state index is 2.39. The molecule has 1 saturated carbocycles. The van der Waals surface area contributed by atoms with Crippen molar-refractivity contribution in [3.63, 3.8) is 0 Å². The van der Waals surface area contributed by atoms with Crippen molar-refractivity contribution < 1.29 is 0 Å². The van der Waals surface area contributed by atoms with Gasteiger partial charge in [0.05, 0.1) is 0 Å². The largest absolute Gasteiger partial charge is 0.0588 e. The van der Waals surface area contributed by atoms with Gasteiger partial charge in [-0.25, -0.2) is 0 Å². The molecule has 0 N–H and O–H groups in total. The molecule has 3 aliphatic rings. The summed E-state index contributed by atoms with van der Waals surface area (Å²) in [6.07, 6.45) is 6.88. The van der Waals surface area contributed by atoms with E-state index in [-0.39, 0.29) is 0 Å². The zero-order valence-corrected chi connectivity index (χ0v) is 15.5. The average molecular weight is 316 g/mol. The minimum absolute atomic E-state index is 0.328. The molecule has 1 fully saturated rings. The van der Waals surface area contributed by atoms with Gasteiger partial charge in [0.15, 0.2) is 0 Å². The smallest absolute Gasteiger partial charge is 0.0276 e. The van der Waals surface area contributed by atoms with Crippen LogP contribution in [0, 0.1) is 39.5 Å². The standard InChI is InChI=1S/C24H28/c1-14-8-10-16(3)22-20(14)12-18-6-5-7-19-13-21-15(2)9-11-17(4)23(21)24(18,19)22/h8-11,18-19H,5-7,12-13H2,1-4H3/t18-,19-,24?/m0/s1. The zero-order chi connectivity index (χ0) is 16.6. The molecule has 0 unspecified atom stereocenters. The number of hydrogen-bond donors (Lipinski definition) is 0. The van der Waals surface area contributed by atoms with Crippen LogP contribution in [-0.2, 0) is 18.3 Å². The van der Waals surface area contributed by atoms with Gasteiger partial charge < -0.3 is 0 Å². The molecule has 0 aliphatic heterocycles. The van der Waals surface area contributed by atoms with Gasteiger partial charge in [-0.2, -0.15) is 0 Å². The van der Waals surface area contributed by atoms with Crippen molar-refractivity contribution in [2.45, 2.75) is 65.2 Å².